The van der Waals surface area contributed by atoms with E-state index in [2.05, 4.69) is 20.6 Å². The van der Waals surface area contributed by atoms with E-state index < -0.39 is 11.9 Å². The van der Waals surface area contributed by atoms with E-state index in [1.54, 1.807) is 0 Å². The maximum atomic E-state index is 12.3. The number of hydrogen-bond donors (Lipinski definition) is 2. The first-order valence-electron chi connectivity index (χ1n) is 6.38. The zero-order chi connectivity index (χ0) is 14.8. The molecule has 0 spiro atoms. The molecule has 1 aromatic rings. The van der Waals surface area contributed by atoms with Crippen LogP contribution in [0.15, 0.2) is 12.4 Å². The Labute approximate surface area is 127 Å². The standard InChI is InChI=1S/C12H17F3N4O.ClH/c1-7-3-16-9(8(2)20-7)4-18-11-6-17-10(5-19-11)12(13,14)15;/h5-9,16H,3-4H2,1-2H3,(H,18,19);1H/t7-,8-,9+;/m0./s1. The van der Waals surface area contributed by atoms with Crippen molar-refractivity contribution in [2.45, 2.75) is 38.3 Å². The van der Waals surface area contributed by atoms with Crippen LogP contribution in [0, 0.1) is 0 Å². The number of aromatic nitrogens is 2. The van der Waals surface area contributed by atoms with Crippen LogP contribution in [0.3, 0.4) is 0 Å². The molecule has 1 fully saturated rings. The highest BCUT2D eigenvalue weighted by atomic mass is 35.5. The fraction of sp³-hybridized carbons (Fsp3) is 0.667. The fourth-order valence-corrected chi connectivity index (χ4v) is 2.01. The third-order valence-corrected chi connectivity index (χ3v) is 3.13. The van der Waals surface area contributed by atoms with Gasteiger partial charge in [-0.2, -0.15) is 13.2 Å². The number of hydrogen-bond acceptors (Lipinski definition) is 5. The number of rotatable bonds is 3. The van der Waals surface area contributed by atoms with Gasteiger partial charge in [-0.3, -0.25) is 0 Å². The normalized spacial score (nSPS) is 26.0. The molecule has 5 nitrogen and oxygen atoms in total. The minimum absolute atomic E-state index is 0. The number of alkyl halides is 3. The summed E-state index contributed by atoms with van der Waals surface area (Å²) in [6.45, 7) is 5.19. The molecule has 0 amide bonds. The van der Waals surface area contributed by atoms with Crippen molar-refractivity contribution in [1.29, 1.82) is 0 Å². The van der Waals surface area contributed by atoms with Crippen molar-refractivity contribution in [2.75, 3.05) is 18.4 Å². The third-order valence-electron chi connectivity index (χ3n) is 3.13. The molecular formula is C12H18ClF3N4O. The summed E-state index contributed by atoms with van der Waals surface area (Å²) in [5.41, 5.74) is -0.996. The maximum absolute atomic E-state index is 12.3. The largest absolute Gasteiger partial charge is 0.434 e. The van der Waals surface area contributed by atoms with Crippen LogP contribution in [0.2, 0.25) is 0 Å². The molecule has 1 saturated heterocycles. The van der Waals surface area contributed by atoms with Crippen LogP contribution in [-0.2, 0) is 10.9 Å². The lowest BCUT2D eigenvalue weighted by Gasteiger charge is -2.34. The van der Waals surface area contributed by atoms with E-state index in [0.29, 0.717) is 12.4 Å². The molecule has 0 aliphatic carbocycles. The van der Waals surface area contributed by atoms with Gasteiger partial charge in [0.15, 0.2) is 5.69 Å². The van der Waals surface area contributed by atoms with Gasteiger partial charge < -0.3 is 15.4 Å². The molecule has 120 valence electrons. The fourth-order valence-electron chi connectivity index (χ4n) is 2.01. The van der Waals surface area contributed by atoms with Crippen molar-refractivity contribution in [3.8, 4) is 0 Å². The van der Waals surface area contributed by atoms with Gasteiger partial charge in [0, 0.05) is 13.1 Å². The molecule has 0 radical (unpaired) electrons. The summed E-state index contributed by atoms with van der Waals surface area (Å²) in [6.07, 6.45) is -2.48. The number of anilines is 1. The van der Waals surface area contributed by atoms with Crippen LogP contribution in [0.25, 0.3) is 0 Å². The number of nitrogens with one attached hydrogen (secondary N) is 2. The predicted octanol–water partition coefficient (Wildman–Crippen LogP) is 2.09. The first-order chi connectivity index (χ1) is 9.36. The van der Waals surface area contributed by atoms with Crippen LogP contribution in [-0.4, -0.2) is 41.3 Å². The van der Waals surface area contributed by atoms with Crippen molar-refractivity contribution in [1.82, 2.24) is 15.3 Å². The third kappa shape index (κ3) is 4.98. The summed E-state index contributed by atoms with van der Waals surface area (Å²) in [7, 11) is 0. The monoisotopic (exact) mass is 326 g/mol. The van der Waals surface area contributed by atoms with E-state index in [4.69, 9.17) is 4.74 Å². The second-order valence-electron chi connectivity index (χ2n) is 4.83. The predicted molar refractivity (Wildman–Crippen MR) is 74.6 cm³/mol. The van der Waals surface area contributed by atoms with Crippen molar-refractivity contribution in [3.05, 3.63) is 18.1 Å². The minimum Gasteiger partial charge on any atom is -0.373 e. The second-order valence-corrected chi connectivity index (χ2v) is 4.83. The SMILES string of the molecule is C[C@@H]1O[C@@H](C)CN[C@@H]1CNc1cnc(C(F)(F)F)cn1.Cl. The Kier molecular flexibility index (Phi) is 6.18. The molecule has 2 N–H and O–H groups in total. The van der Waals surface area contributed by atoms with Crippen LogP contribution in [0.1, 0.15) is 19.5 Å². The van der Waals surface area contributed by atoms with Gasteiger partial charge in [0.05, 0.1) is 30.6 Å². The molecule has 0 bridgehead atoms. The van der Waals surface area contributed by atoms with E-state index in [1.807, 2.05) is 13.8 Å². The Morgan fingerprint density at radius 2 is 2.05 bits per heavy atom. The Morgan fingerprint density at radius 3 is 2.57 bits per heavy atom. The Hall–Kier alpha value is -1.12. The van der Waals surface area contributed by atoms with Crippen LogP contribution in [0.4, 0.5) is 19.0 Å². The van der Waals surface area contributed by atoms with Crippen molar-refractivity contribution >= 4 is 18.2 Å². The van der Waals surface area contributed by atoms with Crippen LogP contribution < -0.4 is 10.6 Å². The van der Waals surface area contributed by atoms with E-state index in [-0.39, 0.29) is 30.7 Å². The molecular weight excluding hydrogens is 309 g/mol. The van der Waals surface area contributed by atoms with E-state index in [1.165, 1.54) is 0 Å². The quantitative estimate of drug-likeness (QED) is 0.891. The molecule has 9 heteroatoms. The molecule has 21 heavy (non-hydrogen) atoms. The van der Waals surface area contributed by atoms with Gasteiger partial charge in [-0.05, 0) is 13.8 Å². The number of morpholine rings is 1. The van der Waals surface area contributed by atoms with Gasteiger partial charge in [0.1, 0.15) is 5.82 Å². The molecule has 1 aliphatic rings. The smallest absolute Gasteiger partial charge is 0.373 e. The first-order valence-corrected chi connectivity index (χ1v) is 6.38. The Morgan fingerprint density at radius 1 is 1.33 bits per heavy atom. The zero-order valence-corrected chi connectivity index (χ0v) is 12.5. The molecule has 0 saturated carbocycles. The molecule has 2 heterocycles. The molecule has 0 aromatic carbocycles. The molecule has 1 aliphatic heterocycles. The van der Waals surface area contributed by atoms with Crippen LogP contribution in [0.5, 0.6) is 0 Å². The van der Waals surface area contributed by atoms with Gasteiger partial charge in [-0.15, -0.1) is 12.4 Å². The maximum Gasteiger partial charge on any atom is 0.434 e. The van der Waals surface area contributed by atoms with Gasteiger partial charge >= 0.3 is 6.18 Å². The summed E-state index contributed by atoms with van der Waals surface area (Å²) >= 11 is 0. The van der Waals surface area contributed by atoms with Gasteiger partial charge in [0.2, 0.25) is 0 Å². The van der Waals surface area contributed by atoms with Crippen LogP contribution >= 0.6 is 12.4 Å². The molecule has 3 atom stereocenters. The number of nitrogens with zero attached hydrogens (tertiary/aromatic N) is 2. The number of ether oxygens (including phenoxy) is 1. The number of halogens is 4. The topological polar surface area (TPSA) is 59.1 Å². The molecule has 0 unspecified atom stereocenters. The first kappa shape index (κ1) is 17.9. The Bertz CT molecular complexity index is 443. The summed E-state index contributed by atoms with van der Waals surface area (Å²) in [4.78, 5) is 7.05. The molecule has 2 rings (SSSR count). The average Bonchev–Trinajstić information content (AvgIpc) is 2.37. The average molecular weight is 327 g/mol. The Balaban J connectivity index is 0.00000220. The lowest BCUT2D eigenvalue weighted by atomic mass is 10.1. The van der Waals surface area contributed by atoms with Gasteiger partial charge in [0.25, 0.3) is 0 Å². The summed E-state index contributed by atoms with van der Waals surface area (Å²) in [5, 5.41) is 6.26. The summed E-state index contributed by atoms with van der Waals surface area (Å²) in [5.74, 6) is 0.311. The summed E-state index contributed by atoms with van der Waals surface area (Å²) < 4.78 is 42.7. The second kappa shape index (κ2) is 7.24. The summed E-state index contributed by atoms with van der Waals surface area (Å²) in [6, 6.07) is 0.0790. The highest BCUT2D eigenvalue weighted by Crippen LogP contribution is 2.26. The van der Waals surface area contributed by atoms with Crippen molar-refractivity contribution < 1.29 is 17.9 Å². The van der Waals surface area contributed by atoms with E-state index in [9.17, 15) is 13.2 Å². The van der Waals surface area contributed by atoms with Crippen molar-refractivity contribution in [3.63, 3.8) is 0 Å². The van der Waals surface area contributed by atoms with Gasteiger partial charge in [-0.1, -0.05) is 0 Å². The van der Waals surface area contributed by atoms with E-state index >= 15 is 0 Å². The van der Waals surface area contributed by atoms with E-state index in [0.717, 1.165) is 18.9 Å². The highest BCUT2D eigenvalue weighted by Gasteiger charge is 2.32. The molecule has 1 aromatic heterocycles. The lowest BCUT2D eigenvalue weighted by Crippen LogP contribution is -2.53. The minimum atomic E-state index is -4.46. The highest BCUT2D eigenvalue weighted by molar-refractivity contribution is 5.85. The zero-order valence-electron chi connectivity index (χ0n) is 11.6. The van der Waals surface area contributed by atoms with Gasteiger partial charge in [-0.25, -0.2) is 9.97 Å². The lowest BCUT2D eigenvalue weighted by molar-refractivity contribution is -0.141. The van der Waals surface area contributed by atoms with Crippen molar-refractivity contribution in [2.24, 2.45) is 0 Å².